The number of aromatic nitrogens is 2. The second kappa shape index (κ2) is 8.69. The predicted molar refractivity (Wildman–Crippen MR) is 115 cm³/mol. The lowest BCUT2D eigenvalue weighted by atomic mass is 10.1. The normalized spacial score (nSPS) is 15.4. The zero-order valence-electron chi connectivity index (χ0n) is 16.6. The lowest BCUT2D eigenvalue weighted by Crippen LogP contribution is -2.50. The maximum atomic E-state index is 12.9. The van der Waals surface area contributed by atoms with Crippen LogP contribution in [0.25, 0.3) is 11.5 Å². The molecule has 0 unspecified atom stereocenters. The van der Waals surface area contributed by atoms with E-state index in [1.807, 2.05) is 61.2 Å². The third kappa shape index (κ3) is 4.62. The van der Waals surface area contributed by atoms with Crippen molar-refractivity contribution >= 4 is 23.4 Å². The fourth-order valence-electron chi connectivity index (χ4n) is 3.35. The van der Waals surface area contributed by atoms with Crippen LogP contribution in [-0.2, 0) is 4.79 Å². The molecular formula is C22H24N4O2S. The van der Waals surface area contributed by atoms with Gasteiger partial charge in [0.1, 0.15) is 0 Å². The van der Waals surface area contributed by atoms with E-state index in [0.29, 0.717) is 11.1 Å². The summed E-state index contributed by atoms with van der Waals surface area (Å²) < 4.78 is 5.75. The molecule has 1 fully saturated rings. The van der Waals surface area contributed by atoms with E-state index < -0.39 is 0 Å². The number of hydrogen-bond acceptors (Lipinski definition) is 6. The van der Waals surface area contributed by atoms with E-state index in [1.165, 1.54) is 23.0 Å². The minimum atomic E-state index is -0.274. The van der Waals surface area contributed by atoms with Crippen molar-refractivity contribution in [3.63, 3.8) is 0 Å². The van der Waals surface area contributed by atoms with Crippen molar-refractivity contribution in [3.8, 4) is 11.5 Å². The molecule has 6 nitrogen and oxygen atoms in total. The Morgan fingerprint density at radius 1 is 1.00 bits per heavy atom. The zero-order valence-corrected chi connectivity index (χ0v) is 17.4. The van der Waals surface area contributed by atoms with Gasteiger partial charge in [0.15, 0.2) is 0 Å². The average Bonchev–Trinajstić information content (AvgIpc) is 3.23. The molecule has 1 aliphatic heterocycles. The van der Waals surface area contributed by atoms with Gasteiger partial charge in [0.25, 0.3) is 5.22 Å². The minimum absolute atomic E-state index is 0.109. The summed E-state index contributed by atoms with van der Waals surface area (Å²) in [4.78, 5) is 17.1. The first-order valence-electron chi connectivity index (χ1n) is 9.76. The van der Waals surface area contributed by atoms with Crippen molar-refractivity contribution in [2.45, 2.75) is 24.3 Å². The van der Waals surface area contributed by atoms with E-state index in [2.05, 4.69) is 27.2 Å². The standard InChI is InChI=1S/C22H24N4O2S/c1-16-8-10-18(11-9-16)20-23-24-22(28-20)29-17(2)21(27)26-14-12-25(13-15-26)19-6-4-3-5-7-19/h3-11,17H,12-15H2,1-2H3/t17-/m0/s1. The molecule has 2 heterocycles. The summed E-state index contributed by atoms with van der Waals surface area (Å²) in [6, 6.07) is 18.2. The first-order valence-corrected chi connectivity index (χ1v) is 10.6. The Kier molecular flexibility index (Phi) is 5.85. The van der Waals surface area contributed by atoms with Gasteiger partial charge in [0.05, 0.1) is 5.25 Å². The molecule has 3 aromatic rings. The largest absolute Gasteiger partial charge is 0.411 e. The Morgan fingerprint density at radius 2 is 1.69 bits per heavy atom. The molecule has 7 heteroatoms. The van der Waals surface area contributed by atoms with Crippen LogP contribution in [0.1, 0.15) is 12.5 Å². The summed E-state index contributed by atoms with van der Waals surface area (Å²) in [5.74, 6) is 0.585. The van der Waals surface area contributed by atoms with Crippen molar-refractivity contribution < 1.29 is 9.21 Å². The quantitative estimate of drug-likeness (QED) is 0.597. The van der Waals surface area contributed by atoms with Crippen LogP contribution < -0.4 is 4.90 Å². The molecule has 2 aromatic carbocycles. The van der Waals surface area contributed by atoms with Gasteiger partial charge in [0, 0.05) is 37.4 Å². The van der Waals surface area contributed by atoms with Crippen LogP contribution in [0.2, 0.25) is 0 Å². The van der Waals surface area contributed by atoms with Crippen LogP contribution in [0, 0.1) is 6.92 Å². The van der Waals surface area contributed by atoms with Gasteiger partial charge in [-0.3, -0.25) is 4.79 Å². The van der Waals surface area contributed by atoms with E-state index in [4.69, 9.17) is 4.42 Å². The molecule has 0 aliphatic carbocycles. The lowest BCUT2D eigenvalue weighted by Gasteiger charge is -2.37. The third-order valence-electron chi connectivity index (χ3n) is 5.04. The molecule has 4 rings (SSSR count). The SMILES string of the molecule is Cc1ccc(-c2nnc(S[C@@H](C)C(=O)N3CCN(c4ccccc4)CC3)o2)cc1. The highest BCUT2D eigenvalue weighted by atomic mass is 32.2. The van der Waals surface area contributed by atoms with Gasteiger partial charge in [-0.05, 0) is 38.1 Å². The zero-order chi connectivity index (χ0) is 20.2. The number of para-hydroxylation sites is 1. The van der Waals surface area contributed by atoms with Gasteiger partial charge < -0.3 is 14.2 Å². The monoisotopic (exact) mass is 408 g/mol. The van der Waals surface area contributed by atoms with Crippen LogP contribution in [0.3, 0.4) is 0 Å². The Balaban J connectivity index is 1.33. The molecular weight excluding hydrogens is 384 g/mol. The number of aryl methyl sites for hydroxylation is 1. The molecule has 0 saturated carbocycles. The first-order chi connectivity index (χ1) is 14.1. The molecule has 1 atom stereocenters. The van der Waals surface area contributed by atoms with E-state index in [9.17, 15) is 4.79 Å². The highest BCUT2D eigenvalue weighted by molar-refractivity contribution is 8.00. The van der Waals surface area contributed by atoms with E-state index in [-0.39, 0.29) is 11.2 Å². The number of thioether (sulfide) groups is 1. The topological polar surface area (TPSA) is 62.5 Å². The smallest absolute Gasteiger partial charge is 0.277 e. The maximum absolute atomic E-state index is 12.9. The van der Waals surface area contributed by atoms with Crippen LogP contribution in [0.15, 0.2) is 64.2 Å². The van der Waals surface area contributed by atoms with Gasteiger partial charge in [0.2, 0.25) is 11.8 Å². The number of amides is 1. The number of anilines is 1. The highest BCUT2D eigenvalue weighted by Crippen LogP contribution is 2.27. The molecule has 150 valence electrons. The van der Waals surface area contributed by atoms with Gasteiger partial charge in [-0.25, -0.2) is 0 Å². The summed E-state index contributed by atoms with van der Waals surface area (Å²) in [5, 5.41) is 8.36. The molecule has 1 aliphatic rings. The predicted octanol–water partition coefficient (Wildman–Crippen LogP) is 3.87. The summed E-state index contributed by atoms with van der Waals surface area (Å²) >= 11 is 1.32. The first kappa shape index (κ1) is 19.5. The van der Waals surface area contributed by atoms with Gasteiger partial charge in [-0.15, -0.1) is 10.2 Å². The molecule has 1 amide bonds. The van der Waals surface area contributed by atoms with Gasteiger partial charge in [-0.2, -0.15) is 0 Å². The molecule has 0 spiro atoms. The van der Waals surface area contributed by atoms with E-state index in [1.54, 1.807) is 0 Å². The average molecular weight is 409 g/mol. The highest BCUT2D eigenvalue weighted by Gasteiger charge is 2.27. The summed E-state index contributed by atoms with van der Waals surface area (Å²) in [7, 11) is 0. The summed E-state index contributed by atoms with van der Waals surface area (Å²) in [6.07, 6.45) is 0. The maximum Gasteiger partial charge on any atom is 0.277 e. The fourth-order valence-corrected chi connectivity index (χ4v) is 4.12. The summed E-state index contributed by atoms with van der Waals surface area (Å²) in [6.45, 7) is 7.04. The van der Waals surface area contributed by atoms with Gasteiger partial charge in [-0.1, -0.05) is 47.7 Å². The van der Waals surface area contributed by atoms with Gasteiger partial charge >= 0.3 is 0 Å². The number of benzene rings is 2. The number of hydrogen-bond donors (Lipinski definition) is 0. The second-order valence-electron chi connectivity index (χ2n) is 7.15. The lowest BCUT2D eigenvalue weighted by molar-refractivity contribution is -0.130. The van der Waals surface area contributed by atoms with E-state index >= 15 is 0 Å². The molecule has 0 bridgehead atoms. The van der Waals surface area contributed by atoms with Crippen LogP contribution in [0.4, 0.5) is 5.69 Å². The minimum Gasteiger partial charge on any atom is -0.411 e. The Bertz CT molecular complexity index is 950. The molecule has 1 saturated heterocycles. The summed E-state index contributed by atoms with van der Waals surface area (Å²) in [5.41, 5.74) is 3.26. The van der Waals surface area contributed by atoms with Crippen molar-refractivity contribution in [3.05, 3.63) is 60.2 Å². The van der Waals surface area contributed by atoms with Crippen LogP contribution >= 0.6 is 11.8 Å². The van der Waals surface area contributed by atoms with Crippen molar-refractivity contribution in [1.29, 1.82) is 0 Å². The number of nitrogens with zero attached hydrogens (tertiary/aromatic N) is 4. The van der Waals surface area contributed by atoms with E-state index in [0.717, 1.165) is 31.7 Å². The van der Waals surface area contributed by atoms with Crippen LogP contribution in [0.5, 0.6) is 0 Å². The molecule has 1 aromatic heterocycles. The van der Waals surface area contributed by atoms with Crippen molar-refractivity contribution in [1.82, 2.24) is 15.1 Å². The van der Waals surface area contributed by atoms with Crippen LogP contribution in [-0.4, -0.2) is 52.4 Å². The fraction of sp³-hybridized carbons (Fsp3) is 0.318. The molecule has 0 N–H and O–H groups in total. The Morgan fingerprint density at radius 3 is 2.38 bits per heavy atom. The molecule has 29 heavy (non-hydrogen) atoms. The number of piperazine rings is 1. The third-order valence-corrected chi connectivity index (χ3v) is 5.96. The van der Waals surface area contributed by atoms with Crippen molar-refractivity contribution in [2.24, 2.45) is 0 Å². The second-order valence-corrected chi connectivity index (χ2v) is 8.44. The Labute approximate surface area is 174 Å². The Hall–Kier alpha value is -2.80. The van der Waals surface area contributed by atoms with Crippen molar-refractivity contribution in [2.75, 3.05) is 31.1 Å². The number of carbonyl (C=O) groups excluding carboxylic acids is 1. The molecule has 0 radical (unpaired) electrons. The number of rotatable bonds is 5. The number of carbonyl (C=O) groups is 1.